The van der Waals surface area contributed by atoms with Crippen LogP contribution in [-0.4, -0.2) is 24.5 Å². The molecule has 2 N–H and O–H groups in total. The molecule has 0 heterocycles. The molecule has 1 atom stereocenters. The summed E-state index contributed by atoms with van der Waals surface area (Å²) in [4.78, 5) is 23.7. The number of ether oxygens (including phenoxy) is 1. The third kappa shape index (κ3) is 5.34. The van der Waals surface area contributed by atoms with Crippen molar-refractivity contribution in [2.45, 2.75) is 40.7 Å². The molecule has 138 valence electrons. The van der Waals surface area contributed by atoms with Gasteiger partial charge in [0.05, 0.1) is 6.04 Å². The Morgan fingerprint density at radius 3 is 2.42 bits per heavy atom. The standard InChI is InChI=1S/C21H26N2O3/c1-13-6-9-20(15(3)10-13)26-12-16(4)22-21(25)18-8-7-14(2)19(11-18)23-17(5)24/h6-11,16H,12H2,1-5H3,(H,22,25)(H,23,24)/t16-/m1/s1. The Labute approximate surface area is 154 Å². The van der Waals surface area contributed by atoms with Gasteiger partial charge in [-0.1, -0.05) is 23.8 Å². The summed E-state index contributed by atoms with van der Waals surface area (Å²) in [5.74, 6) is 0.453. The topological polar surface area (TPSA) is 67.4 Å². The highest BCUT2D eigenvalue weighted by Crippen LogP contribution is 2.19. The average Bonchev–Trinajstić information content (AvgIpc) is 2.55. The number of carbonyl (C=O) groups is 2. The molecule has 26 heavy (non-hydrogen) atoms. The molecule has 0 saturated carbocycles. The van der Waals surface area contributed by atoms with Crippen LogP contribution in [0.4, 0.5) is 5.69 Å². The van der Waals surface area contributed by atoms with Crippen molar-refractivity contribution in [3.8, 4) is 5.75 Å². The minimum absolute atomic E-state index is 0.159. The van der Waals surface area contributed by atoms with Crippen molar-refractivity contribution in [3.63, 3.8) is 0 Å². The largest absolute Gasteiger partial charge is 0.491 e. The molecule has 2 aromatic rings. The normalized spacial score (nSPS) is 11.6. The summed E-state index contributed by atoms with van der Waals surface area (Å²) in [7, 11) is 0. The number of hydrogen-bond donors (Lipinski definition) is 2. The molecule has 0 aliphatic rings. The summed E-state index contributed by atoms with van der Waals surface area (Å²) in [5, 5.41) is 5.66. The third-order valence-electron chi connectivity index (χ3n) is 4.01. The molecule has 0 radical (unpaired) electrons. The zero-order chi connectivity index (χ0) is 19.3. The van der Waals surface area contributed by atoms with E-state index >= 15 is 0 Å². The van der Waals surface area contributed by atoms with E-state index in [1.165, 1.54) is 12.5 Å². The van der Waals surface area contributed by atoms with E-state index in [4.69, 9.17) is 4.74 Å². The lowest BCUT2D eigenvalue weighted by Crippen LogP contribution is -2.36. The molecule has 0 fully saturated rings. The summed E-state index contributed by atoms with van der Waals surface area (Å²) in [6.07, 6.45) is 0. The molecule has 0 bridgehead atoms. The van der Waals surface area contributed by atoms with Gasteiger partial charge in [-0.3, -0.25) is 9.59 Å². The highest BCUT2D eigenvalue weighted by atomic mass is 16.5. The zero-order valence-electron chi connectivity index (χ0n) is 16.0. The molecule has 0 aliphatic carbocycles. The van der Waals surface area contributed by atoms with E-state index in [9.17, 15) is 9.59 Å². The molecule has 0 unspecified atom stereocenters. The quantitative estimate of drug-likeness (QED) is 0.830. The first-order chi connectivity index (χ1) is 12.3. The SMILES string of the molecule is CC(=O)Nc1cc(C(=O)N[C@H](C)COc2ccc(C)cc2C)ccc1C. The van der Waals surface area contributed by atoms with Gasteiger partial charge in [0, 0.05) is 18.2 Å². The highest BCUT2D eigenvalue weighted by molar-refractivity contribution is 5.97. The fourth-order valence-electron chi connectivity index (χ4n) is 2.61. The molecule has 5 nitrogen and oxygen atoms in total. The predicted octanol–water partition coefficient (Wildman–Crippen LogP) is 3.77. The van der Waals surface area contributed by atoms with Crippen molar-refractivity contribution >= 4 is 17.5 Å². The third-order valence-corrected chi connectivity index (χ3v) is 4.01. The van der Waals surface area contributed by atoms with E-state index in [0.717, 1.165) is 16.9 Å². The number of rotatable bonds is 6. The van der Waals surface area contributed by atoms with Crippen LogP contribution in [0.3, 0.4) is 0 Å². The van der Waals surface area contributed by atoms with Crippen LogP contribution in [0.5, 0.6) is 5.75 Å². The monoisotopic (exact) mass is 354 g/mol. The van der Waals surface area contributed by atoms with Crippen LogP contribution in [0, 0.1) is 20.8 Å². The first kappa shape index (κ1) is 19.5. The number of amides is 2. The van der Waals surface area contributed by atoms with Crippen LogP contribution < -0.4 is 15.4 Å². The van der Waals surface area contributed by atoms with Gasteiger partial charge < -0.3 is 15.4 Å². The molecule has 0 spiro atoms. The molecule has 2 rings (SSSR count). The first-order valence-corrected chi connectivity index (χ1v) is 8.65. The van der Waals surface area contributed by atoms with Gasteiger partial charge in [0.2, 0.25) is 5.91 Å². The van der Waals surface area contributed by atoms with Gasteiger partial charge in [0.1, 0.15) is 12.4 Å². The van der Waals surface area contributed by atoms with Gasteiger partial charge in [-0.2, -0.15) is 0 Å². The van der Waals surface area contributed by atoms with Crippen LogP contribution in [0.1, 0.15) is 40.9 Å². The van der Waals surface area contributed by atoms with E-state index in [1.807, 2.05) is 45.9 Å². The molecular weight excluding hydrogens is 328 g/mol. The second-order valence-electron chi connectivity index (χ2n) is 6.67. The molecule has 2 aromatic carbocycles. The smallest absolute Gasteiger partial charge is 0.251 e. The molecular formula is C21H26N2O3. The van der Waals surface area contributed by atoms with Gasteiger partial charge in [0.25, 0.3) is 5.91 Å². The van der Waals surface area contributed by atoms with E-state index in [2.05, 4.69) is 16.7 Å². The van der Waals surface area contributed by atoms with Crippen molar-refractivity contribution in [1.82, 2.24) is 5.32 Å². The van der Waals surface area contributed by atoms with E-state index in [-0.39, 0.29) is 17.9 Å². The summed E-state index contributed by atoms with van der Waals surface area (Å²) in [6.45, 7) is 9.63. The van der Waals surface area contributed by atoms with Crippen LogP contribution in [0.25, 0.3) is 0 Å². The number of carbonyl (C=O) groups excluding carboxylic acids is 2. The summed E-state index contributed by atoms with van der Waals surface area (Å²) < 4.78 is 5.81. The summed E-state index contributed by atoms with van der Waals surface area (Å²) in [5.41, 5.74) is 4.30. The molecule has 0 saturated heterocycles. The first-order valence-electron chi connectivity index (χ1n) is 8.65. The molecule has 0 aromatic heterocycles. The fourth-order valence-corrected chi connectivity index (χ4v) is 2.61. The minimum atomic E-state index is -0.201. The van der Waals surface area contributed by atoms with E-state index in [1.54, 1.807) is 12.1 Å². The van der Waals surface area contributed by atoms with Gasteiger partial charge in [-0.25, -0.2) is 0 Å². The summed E-state index contributed by atoms with van der Waals surface area (Å²) in [6, 6.07) is 11.1. The maximum absolute atomic E-state index is 12.4. The Balaban J connectivity index is 1.97. The average molecular weight is 354 g/mol. The minimum Gasteiger partial charge on any atom is -0.491 e. The number of nitrogens with one attached hydrogen (secondary N) is 2. The van der Waals surface area contributed by atoms with Gasteiger partial charge >= 0.3 is 0 Å². The Hall–Kier alpha value is -2.82. The van der Waals surface area contributed by atoms with Gasteiger partial charge in [0.15, 0.2) is 0 Å². The van der Waals surface area contributed by atoms with Crippen LogP contribution >= 0.6 is 0 Å². The number of aryl methyl sites for hydroxylation is 3. The maximum Gasteiger partial charge on any atom is 0.251 e. The predicted molar refractivity (Wildman–Crippen MR) is 104 cm³/mol. The second kappa shape index (κ2) is 8.52. The van der Waals surface area contributed by atoms with Crippen molar-refractivity contribution in [3.05, 3.63) is 58.7 Å². The van der Waals surface area contributed by atoms with Crippen molar-refractivity contribution in [1.29, 1.82) is 0 Å². The van der Waals surface area contributed by atoms with Gasteiger partial charge in [-0.05, 0) is 57.0 Å². The number of anilines is 1. The Bertz CT molecular complexity index is 815. The number of benzene rings is 2. The highest BCUT2D eigenvalue weighted by Gasteiger charge is 2.13. The van der Waals surface area contributed by atoms with Crippen molar-refractivity contribution < 1.29 is 14.3 Å². The van der Waals surface area contributed by atoms with E-state index < -0.39 is 0 Å². The van der Waals surface area contributed by atoms with Crippen molar-refractivity contribution in [2.24, 2.45) is 0 Å². The van der Waals surface area contributed by atoms with Crippen molar-refractivity contribution in [2.75, 3.05) is 11.9 Å². The fraction of sp³-hybridized carbons (Fsp3) is 0.333. The van der Waals surface area contributed by atoms with E-state index in [0.29, 0.717) is 17.9 Å². The molecule has 0 aliphatic heterocycles. The lowest BCUT2D eigenvalue weighted by molar-refractivity contribution is -0.114. The molecule has 2 amide bonds. The van der Waals surface area contributed by atoms with Crippen LogP contribution in [-0.2, 0) is 4.79 Å². The lowest BCUT2D eigenvalue weighted by atomic mass is 10.1. The van der Waals surface area contributed by atoms with Crippen LogP contribution in [0.15, 0.2) is 36.4 Å². The maximum atomic E-state index is 12.4. The summed E-state index contributed by atoms with van der Waals surface area (Å²) >= 11 is 0. The van der Waals surface area contributed by atoms with Crippen LogP contribution in [0.2, 0.25) is 0 Å². The zero-order valence-corrected chi connectivity index (χ0v) is 16.0. The molecule has 5 heteroatoms. The lowest BCUT2D eigenvalue weighted by Gasteiger charge is -2.17. The van der Waals surface area contributed by atoms with Gasteiger partial charge in [-0.15, -0.1) is 0 Å². The Morgan fingerprint density at radius 1 is 1.04 bits per heavy atom. The Morgan fingerprint density at radius 2 is 1.77 bits per heavy atom. The second-order valence-corrected chi connectivity index (χ2v) is 6.67. The Kier molecular flexibility index (Phi) is 6.39. The number of hydrogen-bond acceptors (Lipinski definition) is 3.